The molecule has 0 spiro atoms. The maximum Gasteiger partial charge on any atom is 0.122 e. The van der Waals surface area contributed by atoms with Crippen molar-refractivity contribution in [3.63, 3.8) is 0 Å². The number of furan rings is 1. The molecule has 1 heterocycles. The minimum Gasteiger partial charge on any atom is -0.465 e. The zero-order valence-corrected chi connectivity index (χ0v) is 7.92. The first-order valence-corrected chi connectivity index (χ1v) is 4.82. The lowest BCUT2D eigenvalue weighted by molar-refractivity contribution is 0.378. The molecule has 3 N–H and O–H groups in total. The Balaban J connectivity index is 2.01. The van der Waals surface area contributed by atoms with Gasteiger partial charge in [0.25, 0.3) is 0 Å². The summed E-state index contributed by atoms with van der Waals surface area (Å²) in [5.74, 6) is 8.25. The molecule has 1 unspecified atom stereocenters. The standard InChI is InChI=1S/C10H16N2O/c1-7-2-5-10(13-7)9(12-11)6-8-3-4-8/h2,5,8-9,12H,3-4,6,11H2,1H3. The number of aryl methyl sites for hydroxylation is 1. The second kappa shape index (κ2) is 3.52. The molecule has 1 aromatic rings. The highest BCUT2D eigenvalue weighted by atomic mass is 16.3. The van der Waals surface area contributed by atoms with E-state index in [9.17, 15) is 0 Å². The molecule has 0 aliphatic heterocycles. The van der Waals surface area contributed by atoms with Crippen molar-refractivity contribution in [2.45, 2.75) is 32.2 Å². The van der Waals surface area contributed by atoms with Crippen molar-refractivity contribution in [1.29, 1.82) is 0 Å². The molecule has 1 aliphatic carbocycles. The maximum atomic E-state index is 5.52. The highest BCUT2D eigenvalue weighted by Crippen LogP contribution is 2.37. The first-order valence-electron chi connectivity index (χ1n) is 4.82. The molecule has 3 nitrogen and oxygen atoms in total. The van der Waals surface area contributed by atoms with Crippen molar-refractivity contribution in [1.82, 2.24) is 5.43 Å². The molecule has 1 aromatic heterocycles. The molecule has 1 saturated carbocycles. The highest BCUT2D eigenvalue weighted by Gasteiger charge is 2.26. The fourth-order valence-electron chi connectivity index (χ4n) is 1.59. The van der Waals surface area contributed by atoms with Crippen molar-refractivity contribution in [2.75, 3.05) is 0 Å². The number of hydrogen-bond acceptors (Lipinski definition) is 3. The molecule has 0 bridgehead atoms. The summed E-state index contributed by atoms with van der Waals surface area (Å²) in [6.07, 6.45) is 3.79. The van der Waals surface area contributed by atoms with E-state index in [1.54, 1.807) is 0 Å². The molecule has 1 fully saturated rings. The first-order chi connectivity index (χ1) is 6.29. The minimum atomic E-state index is 0.196. The largest absolute Gasteiger partial charge is 0.465 e. The number of hydrogen-bond donors (Lipinski definition) is 2. The number of nitrogens with one attached hydrogen (secondary N) is 1. The Hall–Kier alpha value is -0.800. The van der Waals surface area contributed by atoms with Crippen LogP contribution in [0.2, 0.25) is 0 Å². The van der Waals surface area contributed by atoms with E-state index in [2.05, 4.69) is 5.43 Å². The van der Waals surface area contributed by atoms with Crippen LogP contribution in [0.1, 0.15) is 36.8 Å². The average molecular weight is 180 g/mol. The summed E-state index contributed by atoms with van der Waals surface area (Å²) in [6, 6.07) is 4.18. The van der Waals surface area contributed by atoms with Crippen LogP contribution >= 0.6 is 0 Å². The summed E-state index contributed by atoms with van der Waals surface area (Å²) in [5.41, 5.74) is 2.81. The van der Waals surface area contributed by atoms with Crippen LogP contribution in [0.3, 0.4) is 0 Å². The summed E-state index contributed by atoms with van der Waals surface area (Å²) < 4.78 is 5.52. The molecule has 3 heteroatoms. The predicted octanol–water partition coefficient (Wildman–Crippen LogP) is 1.89. The van der Waals surface area contributed by atoms with Crippen LogP contribution in [0.4, 0.5) is 0 Å². The van der Waals surface area contributed by atoms with Gasteiger partial charge in [-0.2, -0.15) is 0 Å². The normalized spacial score (nSPS) is 18.9. The van der Waals surface area contributed by atoms with Crippen molar-refractivity contribution in [3.05, 3.63) is 23.7 Å². The Kier molecular flexibility index (Phi) is 2.38. The van der Waals surface area contributed by atoms with Gasteiger partial charge in [0.05, 0.1) is 6.04 Å². The van der Waals surface area contributed by atoms with Gasteiger partial charge in [-0.25, -0.2) is 5.43 Å². The van der Waals surface area contributed by atoms with Gasteiger partial charge in [0.1, 0.15) is 11.5 Å². The second-order valence-corrected chi connectivity index (χ2v) is 3.85. The van der Waals surface area contributed by atoms with Crippen LogP contribution in [0.25, 0.3) is 0 Å². The van der Waals surface area contributed by atoms with E-state index in [1.807, 2.05) is 19.1 Å². The van der Waals surface area contributed by atoms with Crippen molar-refractivity contribution in [2.24, 2.45) is 11.8 Å². The fraction of sp³-hybridized carbons (Fsp3) is 0.600. The van der Waals surface area contributed by atoms with E-state index in [1.165, 1.54) is 12.8 Å². The van der Waals surface area contributed by atoms with Crippen LogP contribution in [0.5, 0.6) is 0 Å². The minimum absolute atomic E-state index is 0.196. The number of rotatable bonds is 4. The van der Waals surface area contributed by atoms with Crippen LogP contribution in [-0.2, 0) is 0 Å². The molecule has 2 rings (SSSR count). The van der Waals surface area contributed by atoms with Gasteiger partial charge < -0.3 is 4.42 Å². The monoisotopic (exact) mass is 180 g/mol. The van der Waals surface area contributed by atoms with Crippen LogP contribution < -0.4 is 11.3 Å². The van der Waals surface area contributed by atoms with Gasteiger partial charge in [-0.1, -0.05) is 12.8 Å². The number of nitrogens with two attached hydrogens (primary N) is 1. The molecule has 13 heavy (non-hydrogen) atoms. The quantitative estimate of drug-likeness (QED) is 0.549. The number of hydrazine groups is 1. The van der Waals surface area contributed by atoms with Crippen LogP contribution in [0, 0.1) is 12.8 Å². The molecule has 0 aromatic carbocycles. The van der Waals surface area contributed by atoms with E-state index < -0.39 is 0 Å². The topological polar surface area (TPSA) is 51.2 Å². The zero-order chi connectivity index (χ0) is 9.26. The van der Waals surface area contributed by atoms with Crippen molar-refractivity contribution < 1.29 is 4.42 Å². The summed E-state index contributed by atoms with van der Waals surface area (Å²) in [6.45, 7) is 1.95. The van der Waals surface area contributed by atoms with Crippen LogP contribution in [0.15, 0.2) is 16.5 Å². The predicted molar refractivity (Wildman–Crippen MR) is 50.9 cm³/mol. The lowest BCUT2D eigenvalue weighted by Crippen LogP contribution is -2.28. The first kappa shape index (κ1) is 8.78. The molecule has 0 amide bonds. The highest BCUT2D eigenvalue weighted by molar-refractivity contribution is 5.10. The average Bonchev–Trinajstić information content (AvgIpc) is 2.84. The Morgan fingerprint density at radius 1 is 1.62 bits per heavy atom. The van der Waals surface area contributed by atoms with Gasteiger partial charge in [0.2, 0.25) is 0 Å². The van der Waals surface area contributed by atoms with E-state index in [4.69, 9.17) is 10.3 Å². The van der Waals surface area contributed by atoms with E-state index in [0.29, 0.717) is 0 Å². The Morgan fingerprint density at radius 2 is 2.38 bits per heavy atom. The smallest absolute Gasteiger partial charge is 0.122 e. The molecule has 0 radical (unpaired) electrons. The molecule has 1 aliphatic rings. The summed E-state index contributed by atoms with van der Waals surface area (Å²) >= 11 is 0. The Labute approximate surface area is 78.3 Å². The van der Waals surface area contributed by atoms with E-state index in [0.717, 1.165) is 23.9 Å². The van der Waals surface area contributed by atoms with E-state index in [-0.39, 0.29) is 6.04 Å². The fourth-order valence-corrected chi connectivity index (χ4v) is 1.59. The maximum absolute atomic E-state index is 5.52. The van der Waals surface area contributed by atoms with Gasteiger partial charge in [0, 0.05) is 0 Å². The van der Waals surface area contributed by atoms with Gasteiger partial charge in [-0.15, -0.1) is 0 Å². The van der Waals surface area contributed by atoms with Gasteiger partial charge >= 0.3 is 0 Å². The molecular weight excluding hydrogens is 164 g/mol. The van der Waals surface area contributed by atoms with Gasteiger partial charge in [0.15, 0.2) is 0 Å². The Morgan fingerprint density at radius 3 is 2.85 bits per heavy atom. The lowest BCUT2D eigenvalue weighted by Gasteiger charge is -2.11. The summed E-state index contributed by atoms with van der Waals surface area (Å²) in [4.78, 5) is 0. The van der Waals surface area contributed by atoms with Gasteiger partial charge in [-0.3, -0.25) is 5.84 Å². The van der Waals surface area contributed by atoms with E-state index >= 15 is 0 Å². The molecule has 0 saturated heterocycles. The second-order valence-electron chi connectivity index (χ2n) is 3.85. The Bertz CT molecular complexity index is 278. The third-order valence-corrected chi connectivity index (χ3v) is 2.57. The lowest BCUT2D eigenvalue weighted by atomic mass is 10.1. The SMILES string of the molecule is Cc1ccc(C(CC2CC2)NN)o1. The van der Waals surface area contributed by atoms with Crippen molar-refractivity contribution in [3.8, 4) is 0 Å². The zero-order valence-electron chi connectivity index (χ0n) is 7.92. The summed E-state index contributed by atoms with van der Waals surface area (Å²) in [5, 5.41) is 0. The third kappa shape index (κ3) is 2.11. The van der Waals surface area contributed by atoms with Crippen LogP contribution in [-0.4, -0.2) is 0 Å². The molecular formula is C10H16N2O. The molecule has 72 valence electrons. The third-order valence-electron chi connectivity index (χ3n) is 2.57. The summed E-state index contributed by atoms with van der Waals surface area (Å²) in [7, 11) is 0. The van der Waals surface area contributed by atoms with Gasteiger partial charge in [-0.05, 0) is 31.4 Å². The van der Waals surface area contributed by atoms with Crippen molar-refractivity contribution >= 4 is 0 Å². The molecule has 1 atom stereocenters.